The van der Waals surface area contributed by atoms with Gasteiger partial charge in [0.15, 0.2) is 0 Å². The van der Waals surface area contributed by atoms with Crippen LogP contribution in [0.3, 0.4) is 0 Å². The van der Waals surface area contributed by atoms with Crippen LogP contribution in [0.5, 0.6) is 0 Å². The fourth-order valence-corrected chi connectivity index (χ4v) is 2.58. The molecule has 4 heteroatoms. The maximum Gasteiger partial charge on any atom is 0.223 e. The smallest absolute Gasteiger partial charge is 0.223 e. The predicted molar refractivity (Wildman–Crippen MR) is 74.8 cm³/mol. The molecule has 1 aliphatic rings. The summed E-state index contributed by atoms with van der Waals surface area (Å²) >= 11 is 0. The normalized spacial score (nSPS) is 15.6. The highest BCUT2D eigenvalue weighted by atomic mass is 15.1. The second-order valence-electron chi connectivity index (χ2n) is 4.96. The topological polar surface area (TPSA) is 50.7 Å². The Labute approximate surface area is 113 Å². The van der Waals surface area contributed by atoms with Gasteiger partial charge in [-0.25, -0.2) is 9.97 Å². The van der Waals surface area contributed by atoms with Gasteiger partial charge in [0.1, 0.15) is 0 Å². The first-order valence-corrected chi connectivity index (χ1v) is 6.88. The van der Waals surface area contributed by atoms with E-state index in [-0.39, 0.29) is 0 Å². The summed E-state index contributed by atoms with van der Waals surface area (Å²) in [6.45, 7) is 0.662. The Balaban J connectivity index is 1.66. The minimum Gasteiger partial charge on any atom is -0.349 e. The number of nitrogens with zero attached hydrogens (tertiary/aromatic N) is 3. The molecule has 0 aromatic carbocycles. The third-order valence-corrected chi connectivity index (χ3v) is 3.60. The van der Waals surface area contributed by atoms with E-state index < -0.39 is 0 Å². The molecule has 2 heterocycles. The van der Waals surface area contributed by atoms with E-state index in [0.717, 1.165) is 5.69 Å². The van der Waals surface area contributed by atoms with Crippen LogP contribution in [0, 0.1) is 0 Å². The first kappa shape index (κ1) is 12.1. The highest BCUT2D eigenvalue weighted by molar-refractivity contribution is 5.27. The summed E-state index contributed by atoms with van der Waals surface area (Å²) in [4.78, 5) is 13.2. The van der Waals surface area contributed by atoms with Gasteiger partial charge in [-0.1, -0.05) is 18.9 Å². The van der Waals surface area contributed by atoms with Crippen LogP contribution in [-0.4, -0.2) is 15.0 Å². The maximum atomic E-state index is 4.62. The lowest BCUT2D eigenvalue weighted by Gasteiger charge is -2.10. The van der Waals surface area contributed by atoms with Crippen LogP contribution in [0.1, 0.15) is 43.0 Å². The van der Waals surface area contributed by atoms with Crippen molar-refractivity contribution < 1.29 is 0 Å². The van der Waals surface area contributed by atoms with E-state index in [1.807, 2.05) is 30.5 Å². The van der Waals surface area contributed by atoms with E-state index >= 15 is 0 Å². The van der Waals surface area contributed by atoms with Gasteiger partial charge in [-0.05, 0) is 31.0 Å². The number of hydrogen-bond acceptors (Lipinski definition) is 4. The predicted octanol–water partition coefficient (Wildman–Crippen LogP) is 3.14. The van der Waals surface area contributed by atoms with Crippen molar-refractivity contribution in [1.29, 1.82) is 0 Å². The minimum atomic E-state index is 0.624. The molecule has 0 bridgehead atoms. The van der Waals surface area contributed by atoms with Gasteiger partial charge in [-0.3, -0.25) is 4.98 Å². The Morgan fingerprint density at radius 2 is 1.95 bits per heavy atom. The molecule has 1 saturated carbocycles. The standard InChI is InChI=1S/C15H18N4/c1-2-6-12(5-1)14-8-10-17-15(19-14)18-11-13-7-3-4-9-16-13/h3-4,7-10,12H,1-2,5-6,11H2,(H,17,18,19). The van der Waals surface area contributed by atoms with Crippen molar-refractivity contribution in [3.8, 4) is 0 Å². The summed E-state index contributed by atoms with van der Waals surface area (Å²) in [5.74, 6) is 1.33. The van der Waals surface area contributed by atoms with Gasteiger partial charge in [0.2, 0.25) is 5.95 Å². The van der Waals surface area contributed by atoms with E-state index in [2.05, 4.69) is 20.3 Å². The fourth-order valence-electron chi connectivity index (χ4n) is 2.58. The zero-order valence-electron chi connectivity index (χ0n) is 10.9. The van der Waals surface area contributed by atoms with Crippen molar-refractivity contribution in [2.45, 2.75) is 38.1 Å². The molecule has 2 aromatic heterocycles. The van der Waals surface area contributed by atoms with Crippen LogP contribution in [0.25, 0.3) is 0 Å². The summed E-state index contributed by atoms with van der Waals surface area (Å²) in [6, 6.07) is 7.94. The van der Waals surface area contributed by atoms with Crippen molar-refractivity contribution >= 4 is 5.95 Å². The lowest BCUT2D eigenvalue weighted by atomic mass is 10.0. The molecule has 0 unspecified atom stereocenters. The van der Waals surface area contributed by atoms with E-state index in [9.17, 15) is 0 Å². The van der Waals surface area contributed by atoms with Crippen molar-refractivity contribution in [3.05, 3.63) is 48.0 Å². The Bertz CT molecular complexity index is 521. The molecule has 1 aliphatic carbocycles. The molecular formula is C15H18N4. The molecule has 4 nitrogen and oxygen atoms in total. The van der Waals surface area contributed by atoms with Crippen molar-refractivity contribution in [1.82, 2.24) is 15.0 Å². The molecule has 0 amide bonds. The first-order valence-electron chi connectivity index (χ1n) is 6.88. The van der Waals surface area contributed by atoms with E-state index in [0.29, 0.717) is 18.4 Å². The van der Waals surface area contributed by atoms with Gasteiger partial charge < -0.3 is 5.32 Å². The zero-order valence-corrected chi connectivity index (χ0v) is 10.9. The van der Waals surface area contributed by atoms with Crippen LogP contribution >= 0.6 is 0 Å². The third-order valence-electron chi connectivity index (χ3n) is 3.60. The average molecular weight is 254 g/mol. The van der Waals surface area contributed by atoms with Crippen molar-refractivity contribution in [2.24, 2.45) is 0 Å². The maximum absolute atomic E-state index is 4.62. The lowest BCUT2D eigenvalue weighted by molar-refractivity contribution is 0.694. The number of anilines is 1. The van der Waals surface area contributed by atoms with E-state index in [1.165, 1.54) is 31.4 Å². The molecule has 19 heavy (non-hydrogen) atoms. The Morgan fingerprint density at radius 3 is 2.74 bits per heavy atom. The molecule has 0 spiro atoms. The van der Waals surface area contributed by atoms with Gasteiger partial charge >= 0.3 is 0 Å². The average Bonchev–Trinajstić information content (AvgIpc) is 3.01. The summed E-state index contributed by atoms with van der Waals surface area (Å²) in [5.41, 5.74) is 2.17. The summed E-state index contributed by atoms with van der Waals surface area (Å²) in [5, 5.41) is 3.24. The molecule has 0 radical (unpaired) electrons. The van der Waals surface area contributed by atoms with Crippen LogP contribution in [0.2, 0.25) is 0 Å². The van der Waals surface area contributed by atoms with Crippen molar-refractivity contribution in [2.75, 3.05) is 5.32 Å². The molecule has 98 valence electrons. The molecule has 0 atom stereocenters. The number of pyridine rings is 1. The largest absolute Gasteiger partial charge is 0.349 e. The van der Waals surface area contributed by atoms with E-state index in [1.54, 1.807) is 6.20 Å². The fraction of sp³-hybridized carbons (Fsp3) is 0.400. The zero-order chi connectivity index (χ0) is 12.9. The van der Waals surface area contributed by atoms with E-state index in [4.69, 9.17) is 0 Å². The van der Waals surface area contributed by atoms with Gasteiger partial charge in [-0.2, -0.15) is 0 Å². The monoisotopic (exact) mass is 254 g/mol. The van der Waals surface area contributed by atoms with Crippen LogP contribution in [0.15, 0.2) is 36.7 Å². The van der Waals surface area contributed by atoms with Gasteiger partial charge in [0, 0.05) is 24.0 Å². The molecule has 0 saturated heterocycles. The second-order valence-corrected chi connectivity index (χ2v) is 4.96. The second kappa shape index (κ2) is 5.78. The van der Waals surface area contributed by atoms with Crippen LogP contribution in [-0.2, 0) is 6.54 Å². The highest BCUT2D eigenvalue weighted by Crippen LogP contribution is 2.32. The summed E-state index contributed by atoms with van der Waals surface area (Å²) in [7, 11) is 0. The number of aromatic nitrogens is 3. The molecule has 1 fully saturated rings. The highest BCUT2D eigenvalue weighted by Gasteiger charge is 2.18. The molecule has 2 aromatic rings. The molecular weight excluding hydrogens is 236 g/mol. The quantitative estimate of drug-likeness (QED) is 0.910. The Kier molecular flexibility index (Phi) is 3.68. The Morgan fingerprint density at radius 1 is 1.05 bits per heavy atom. The van der Waals surface area contributed by atoms with Crippen molar-refractivity contribution in [3.63, 3.8) is 0 Å². The molecule has 3 rings (SSSR count). The molecule has 1 N–H and O–H groups in total. The number of hydrogen-bond donors (Lipinski definition) is 1. The van der Waals surface area contributed by atoms with Gasteiger partial charge in [-0.15, -0.1) is 0 Å². The minimum absolute atomic E-state index is 0.624. The summed E-state index contributed by atoms with van der Waals surface area (Å²) in [6.07, 6.45) is 8.82. The van der Waals surface area contributed by atoms with Crippen LogP contribution < -0.4 is 5.32 Å². The summed E-state index contributed by atoms with van der Waals surface area (Å²) < 4.78 is 0. The first-order chi connectivity index (χ1) is 9.42. The third kappa shape index (κ3) is 3.08. The van der Waals surface area contributed by atoms with Gasteiger partial charge in [0.05, 0.1) is 12.2 Å². The SMILES string of the molecule is c1ccc(CNc2nccc(C3CCCC3)n2)nc1. The lowest BCUT2D eigenvalue weighted by Crippen LogP contribution is -2.07. The van der Waals surface area contributed by atoms with Crippen LogP contribution in [0.4, 0.5) is 5.95 Å². The van der Waals surface area contributed by atoms with Gasteiger partial charge in [0.25, 0.3) is 0 Å². The Hall–Kier alpha value is -1.97. The number of rotatable bonds is 4. The molecule has 0 aliphatic heterocycles. The number of nitrogens with one attached hydrogen (secondary N) is 1.